The number of ether oxygens (including phenoxy) is 2. The van der Waals surface area contributed by atoms with E-state index >= 15 is 0 Å². The molecule has 8 heteroatoms. The highest BCUT2D eigenvalue weighted by molar-refractivity contribution is 6.00. The van der Waals surface area contributed by atoms with Gasteiger partial charge in [0.1, 0.15) is 6.61 Å². The molecule has 1 aromatic carbocycles. The minimum atomic E-state index is -0.877. The third kappa shape index (κ3) is 6.65. The van der Waals surface area contributed by atoms with Crippen molar-refractivity contribution in [3.8, 4) is 0 Å². The van der Waals surface area contributed by atoms with Gasteiger partial charge in [-0.1, -0.05) is 44.2 Å². The Morgan fingerprint density at radius 3 is 2.33 bits per heavy atom. The molecule has 8 nitrogen and oxygen atoms in total. The Labute approximate surface area is 193 Å². The number of allylic oxidation sites excluding steroid dienone is 5. The molecule has 1 atom stereocenters. The number of hydrogen-bond donors (Lipinski definition) is 1. The molecule has 2 rings (SSSR count). The first kappa shape index (κ1) is 25.6. The highest BCUT2D eigenvalue weighted by Crippen LogP contribution is 2.40. The summed E-state index contributed by atoms with van der Waals surface area (Å²) in [5.41, 5.74) is 1.74. The molecule has 0 saturated heterocycles. The summed E-state index contributed by atoms with van der Waals surface area (Å²) in [5.74, 6) is -1.97. The molecule has 0 saturated carbocycles. The number of nitro groups is 1. The molecule has 0 radical (unpaired) electrons. The van der Waals surface area contributed by atoms with Crippen LogP contribution in [-0.2, 0) is 19.1 Å². The average Bonchev–Trinajstić information content (AvgIpc) is 2.76. The summed E-state index contributed by atoms with van der Waals surface area (Å²) in [7, 11) is 0. The number of benzene rings is 1. The van der Waals surface area contributed by atoms with Crippen LogP contribution in [-0.4, -0.2) is 30.1 Å². The molecule has 0 spiro atoms. The molecule has 0 aliphatic carbocycles. The lowest BCUT2D eigenvalue weighted by molar-refractivity contribution is -0.384. The van der Waals surface area contributed by atoms with Gasteiger partial charge in [0, 0.05) is 23.5 Å². The van der Waals surface area contributed by atoms with Crippen LogP contribution < -0.4 is 5.32 Å². The van der Waals surface area contributed by atoms with Crippen LogP contribution in [0.3, 0.4) is 0 Å². The van der Waals surface area contributed by atoms with Crippen LogP contribution in [0.4, 0.5) is 5.69 Å². The normalized spacial score (nSPS) is 16.5. The second-order valence-corrected chi connectivity index (χ2v) is 8.03. The van der Waals surface area contributed by atoms with Crippen molar-refractivity contribution < 1.29 is 24.0 Å². The van der Waals surface area contributed by atoms with Gasteiger partial charge >= 0.3 is 11.9 Å². The van der Waals surface area contributed by atoms with Crippen LogP contribution in [0.25, 0.3) is 0 Å². The van der Waals surface area contributed by atoms with Crippen LogP contribution in [0.1, 0.15) is 46.1 Å². The highest BCUT2D eigenvalue weighted by Gasteiger charge is 2.38. The predicted octanol–water partition coefficient (Wildman–Crippen LogP) is 4.70. The maximum atomic E-state index is 13.1. The maximum Gasteiger partial charge on any atom is 0.337 e. The van der Waals surface area contributed by atoms with Gasteiger partial charge in [-0.25, -0.2) is 9.59 Å². The first-order valence-corrected chi connectivity index (χ1v) is 10.7. The number of hydrogen-bond acceptors (Lipinski definition) is 7. The Morgan fingerprint density at radius 1 is 1.12 bits per heavy atom. The van der Waals surface area contributed by atoms with Gasteiger partial charge in [0.2, 0.25) is 0 Å². The zero-order valence-corrected chi connectivity index (χ0v) is 19.6. The summed E-state index contributed by atoms with van der Waals surface area (Å²) in [6.07, 6.45) is 7.09. The van der Waals surface area contributed by atoms with E-state index in [1.165, 1.54) is 18.2 Å². The Kier molecular flexibility index (Phi) is 9.15. The lowest BCUT2D eigenvalue weighted by Crippen LogP contribution is -2.33. The Hall–Kier alpha value is -3.68. The average molecular weight is 455 g/mol. The first-order valence-electron chi connectivity index (χ1n) is 10.7. The number of nitro benzene ring substituents is 1. The van der Waals surface area contributed by atoms with Gasteiger partial charge in [0.15, 0.2) is 0 Å². The van der Waals surface area contributed by atoms with Crippen LogP contribution >= 0.6 is 0 Å². The molecule has 0 fully saturated rings. The standard InChI is InChI=1S/C25H30N2O6/c1-6-7-8-9-13-32-24(28)21-17(4)26-18(5)22(25(29)33-15-16(2)3)23(21)19-11-10-12-20(14-19)27(30)31/h6-12,14,16,23,26H,13,15H2,1-5H3/b7-6+,9-8+. The van der Waals surface area contributed by atoms with E-state index < -0.39 is 22.8 Å². The second kappa shape index (κ2) is 11.8. The third-order valence-electron chi connectivity index (χ3n) is 4.91. The summed E-state index contributed by atoms with van der Waals surface area (Å²) >= 11 is 0. The van der Waals surface area contributed by atoms with E-state index in [0.29, 0.717) is 17.0 Å². The minimum Gasteiger partial charge on any atom is -0.462 e. The Morgan fingerprint density at radius 2 is 1.76 bits per heavy atom. The van der Waals surface area contributed by atoms with Crippen molar-refractivity contribution in [2.24, 2.45) is 5.92 Å². The van der Waals surface area contributed by atoms with E-state index in [0.717, 1.165) is 0 Å². The number of dihydropyridines is 1. The number of nitrogens with one attached hydrogen (secondary N) is 1. The summed E-state index contributed by atoms with van der Waals surface area (Å²) in [6, 6.07) is 5.91. The van der Waals surface area contributed by atoms with E-state index in [1.807, 2.05) is 26.8 Å². The predicted molar refractivity (Wildman–Crippen MR) is 125 cm³/mol. The lowest BCUT2D eigenvalue weighted by atomic mass is 9.80. The van der Waals surface area contributed by atoms with Gasteiger partial charge in [-0.2, -0.15) is 0 Å². The van der Waals surface area contributed by atoms with E-state index in [4.69, 9.17) is 9.47 Å². The molecule has 1 aromatic rings. The van der Waals surface area contributed by atoms with Crippen molar-refractivity contribution in [3.63, 3.8) is 0 Å². The zero-order valence-electron chi connectivity index (χ0n) is 19.6. The van der Waals surface area contributed by atoms with Crippen LogP contribution in [0.15, 0.2) is 71.1 Å². The van der Waals surface area contributed by atoms with Crippen molar-refractivity contribution >= 4 is 17.6 Å². The smallest absolute Gasteiger partial charge is 0.337 e. The molecule has 0 amide bonds. The largest absolute Gasteiger partial charge is 0.462 e. The van der Waals surface area contributed by atoms with Crippen molar-refractivity contribution in [3.05, 3.63) is 86.8 Å². The van der Waals surface area contributed by atoms with Gasteiger partial charge < -0.3 is 14.8 Å². The summed E-state index contributed by atoms with van der Waals surface area (Å²) < 4.78 is 10.9. The second-order valence-electron chi connectivity index (χ2n) is 8.03. The molecule has 0 bridgehead atoms. The van der Waals surface area contributed by atoms with E-state index in [9.17, 15) is 19.7 Å². The van der Waals surface area contributed by atoms with E-state index in [1.54, 1.807) is 38.1 Å². The van der Waals surface area contributed by atoms with Gasteiger partial charge in [-0.05, 0) is 38.3 Å². The molecule has 1 aliphatic heterocycles. The summed E-state index contributed by atoms with van der Waals surface area (Å²) in [4.78, 5) is 37.0. The SMILES string of the molecule is C/C=C/C=C/COC(=O)C1=C(C)NC(C)=C(C(=O)OCC(C)C)C1c1cccc([N+](=O)[O-])c1. The van der Waals surface area contributed by atoms with Crippen LogP contribution in [0.5, 0.6) is 0 Å². The number of carbonyl (C=O) groups is 2. The molecule has 176 valence electrons. The number of esters is 2. The molecule has 1 N–H and O–H groups in total. The summed E-state index contributed by atoms with van der Waals surface area (Å²) in [6.45, 7) is 9.36. The zero-order chi connectivity index (χ0) is 24.5. The molecular formula is C25H30N2O6. The number of rotatable bonds is 9. The fraction of sp³-hybridized carbons (Fsp3) is 0.360. The Bertz CT molecular complexity index is 1030. The van der Waals surface area contributed by atoms with Crippen LogP contribution in [0, 0.1) is 16.0 Å². The molecule has 0 aromatic heterocycles. The number of non-ortho nitro benzene ring substituents is 1. The Balaban J connectivity index is 2.53. The topological polar surface area (TPSA) is 108 Å². The summed E-state index contributed by atoms with van der Waals surface area (Å²) in [5, 5.41) is 14.4. The van der Waals surface area contributed by atoms with Crippen molar-refractivity contribution in [1.29, 1.82) is 0 Å². The third-order valence-corrected chi connectivity index (χ3v) is 4.91. The fourth-order valence-corrected chi connectivity index (χ4v) is 3.45. The van der Waals surface area contributed by atoms with Crippen molar-refractivity contribution in [2.75, 3.05) is 13.2 Å². The molecule has 33 heavy (non-hydrogen) atoms. The van der Waals surface area contributed by atoms with E-state index in [2.05, 4.69) is 5.32 Å². The molecular weight excluding hydrogens is 424 g/mol. The first-order chi connectivity index (χ1) is 15.7. The minimum absolute atomic E-state index is 0.0391. The van der Waals surface area contributed by atoms with Crippen LogP contribution in [0.2, 0.25) is 0 Å². The van der Waals surface area contributed by atoms with Gasteiger partial charge in [0.05, 0.1) is 28.6 Å². The van der Waals surface area contributed by atoms with Gasteiger partial charge in [-0.3, -0.25) is 10.1 Å². The van der Waals surface area contributed by atoms with Gasteiger partial charge in [-0.15, -0.1) is 0 Å². The lowest BCUT2D eigenvalue weighted by Gasteiger charge is -2.30. The van der Waals surface area contributed by atoms with Crippen molar-refractivity contribution in [2.45, 2.75) is 40.5 Å². The van der Waals surface area contributed by atoms with Crippen molar-refractivity contribution in [1.82, 2.24) is 5.32 Å². The fourth-order valence-electron chi connectivity index (χ4n) is 3.45. The molecule has 1 aliphatic rings. The number of nitrogens with zero attached hydrogens (tertiary/aromatic N) is 1. The quantitative estimate of drug-likeness (QED) is 0.249. The maximum absolute atomic E-state index is 13.1. The highest BCUT2D eigenvalue weighted by atomic mass is 16.6. The molecule has 1 heterocycles. The number of carbonyl (C=O) groups excluding carboxylic acids is 2. The molecule has 1 unspecified atom stereocenters. The monoisotopic (exact) mass is 454 g/mol. The van der Waals surface area contributed by atoms with Gasteiger partial charge in [0.25, 0.3) is 5.69 Å². The van der Waals surface area contributed by atoms with E-state index in [-0.39, 0.29) is 36.0 Å².